The molecule has 2 aromatic rings. The Labute approximate surface area is 161 Å². The third kappa shape index (κ3) is 3.28. The molecule has 0 saturated carbocycles. The second kappa shape index (κ2) is 7.30. The Morgan fingerprint density at radius 3 is 2.39 bits per heavy atom. The van der Waals surface area contributed by atoms with Crippen molar-refractivity contribution < 1.29 is 28.2 Å². The van der Waals surface area contributed by atoms with Gasteiger partial charge in [0, 0.05) is 0 Å². The first-order chi connectivity index (χ1) is 13.3. The number of Topliss-reactive ketones (excluding diaryl/α,β-unsaturated/α-hetero) is 1. The van der Waals surface area contributed by atoms with Crippen LogP contribution in [-0.2, 0) is 10.3 Å². The summed E-state index contributed by atoms with van der Waals surface area (Å²) < 4.78 is 23.7. The lowest BCUT2D eigenvalue weighted by molar-refractivity contribution is -0.130. The molecule has 1 heterocycles. The van der Waals surface area contributed by atoms with Crippen LogP contribution in [0.3, 0.4) is 0 Å². The number of imide groups is 1. The van der Waals surface area contributed by atoms with Crippen LogP contribution >= 0.6 is 0 Å². The van der Waals surface area contributed by atoms with Crippen LogP contribution in [0.1, 0.15) is 22.8 Å². The minimum Gasteiger partial charge on any atom is -0.497 e. The van der Waals surface area contributed by atoms with Gasteiger partial charge in [0.2, 0.25) is 0 Å². The Morgan fingerprint density at radius 2 is 1.79 bits per heavy atom. The lowest BCUT2D eigenvalue weighted by Gasteiger charge is -2.22. The highest BCUT2D eigenvalue weighted by atomic mass is 19.1. The molecule has 2 aromatic carbocycles. The van der Waals surface area contributed by atoms with Gasteiger partial charge in [0.1, 0.15) is 22.9 Å². The number of ketones is 1. The van der Waals surface area contributed by atoms with E-state index in [1.807, 2.05) is 0 Å². The fourth-order valence-electron chi connectivity index (χ4n) is 3.09. The van der Waals surface area contributed by atoms with Crippen LogP contribution in [0.4, 0.5) is 9.18 Å². The van der Waals surface area contributed by atoms with Gasteiger partial charge in [0.05, 0.1) is 26.3 Å². The smallest absolute Gasteiger partial charge is 0.325 e. The molecule has 1 aliphatic rings. The number of hydrogen-bond acceptors (Lipinski definition) is 5. The number of rotatable bonds is 6. The number of methoxy groups -OCH3 is 2. The Balaban J connectivity index is 1.86. The highest BCUT2D eigenvalue weighted by Gasteiger charge is 2.49. The van der Waals surface area contributed by atoms with E-state index in [2.05, 4.69) is 5.32 Å². The summed E-state index contributed by atoms with van der Waals surface area (Å²) >= 11 is 0. The zero-order valence-corrected chi connectivity index (χ0v) is 15.6. The summed E-state index contributed by atoms with van der Waals surface area (Å²) in [4.78, 5) is 38.8. The maximum Gasteiger partial charge on any atom is 0.325 e. The van der Waals surface area contributed by atoms with E-state index in [0.717, 1.165) is 17.0 Å². The molecule has 0 aromatic heterocycles. The van der Waals surface area contributed by atoms with Crippen LogP contribution in [0.2, 0.25) is 0 Å². The Morgan fingerprint density at radius 1 is 1.11 bits per heavy atom. The zero-order valence-electron chi connectivity index (χ0n) is 15.6. The van der Waals surface area contributed by atoms with Gasteiger partial charge in [-0.3, -0.25) is 14.5 Å². The van der Waals surface area contributed by atoms with Crippen LogP contribution in [0, 0.1) is 5.82 Å². The summed E-state index contributed by atoms with van der Waals surface area (Å²) in [7, 11) is 2.87. The van der Waals surface area contributed by atoms with E-state index in [4.69, 9.17) is 9.47 Å². The normalized spacial score (nSPS) is 18.8. The van der Waals surface area contributed by atoms with Crippen molar-refractivity contribution in [2.75, 3.05) is 20.8 Å². The van der Waals surface area contributed by atoms with Crippen LogP contribution in [0.15, 0.2) is 42.5 Å². The second-order valence-electron chi connectivity index (χ2n) is 6.44. The number of ether oxygens (including phenoxy) is 2. The molecule has 3 rings (SSSR count). The molecule has 1 atom stereocenters. The van der Waals surface area contributed by atoms with Gasteiger partial charge in [-0.05, 0) is 42.8 Å². The molecule has 1 unspecified atom stereocenters. The summed E-state index contributed by atoms with van der Waals surface area (Å²) in [5.41, 5.74) is -0.818. The molecule has 1 saturated heterocycles. The van der Waals surface area contributed by atoms with Crippen LogP contribution in [-0.4, -0.2) is 43.4 Å². The van der Waals surface area contributed by atoms with E-state index in [-0.39, 0.29) is 11.3 Å². The van der Waals surface area contributed by atoms with Gasteiger partial charge in [-0.15, -0.1) is 0 Å². The van der Waals surface area contributed by atoms with Crippen LogP contribution in [0.5, 0.6) is 11.5 Å². The minimum absolute atomic E-state index is 0.0406. The molecule has 8 heteroatoms. The molecule has 0 bridgehead atoms. The summed E-state index contributed by atoms with van der Waals surface area (Å²) in [5, 5.41) is 2.62. The van der Waals surface area contributed by atoms with Gasteiger partial charge in [-0.25, -0.2) is 9.18 Å². The summed E-state index contributed by atoms with van der Waals surface area (Å²) in [6.45, 7) is 1.03. The molecule has 1 aliphatic heterocycles. The van der Waals surface area contributed by atoms with Crippen molar-refractivity contribution in [2.24, 2.45) is 0 Å². The van der Waals surface area contributed by atoms with Gasteiger partial charge >= 0.3 is 6.03 Å². The molecule has 3 amide bonds. The van der Waals surface area contributed by atoms with E-state index >= 15 is 0 Å². The number of benzene rings is 2. The van der Waals surface area contributed by atoms with Crippen molar-refractivity contribution >= 4 is 17.7 Å². The number of carbonyl (C=O) groups is 3. The van der Waals surface area contributed by atoms with Crippen molar-refractivity contribution in [1.82, 2.24) is 10.2 Å². The van der Waals surface area contributed by atoms with Crippen molar-refractivity contribution in [2.45, 2.75) is 12.5 Å². The van der Waals surface area contributed by atoms with Gasteiger partial charge in [0.25, 0.3) is 5.91 Å². The highest BCUT2D eigenvalue weighted by Crippen LogP contribution is 2.30. The Hall–Kier alpha value is -3.42. The van der Waals surface area contributed by atoms with Crippen molar-refractivity contribution in [3.8, 4) is 11.5 Å². The average molecular weight is 386 g/mol. The number of urea groups is 1. The first kappa shape index (κ1) is 19.3. The number of nitrogens with one attached hydrogen (secondary N) is 1. The molecule has 0 spiro atoms. The standard InChI is InChI=1S/C20H19FN2O5/c1-20(12-4-7-14(27-2)8-5-12)18(25)23(19(26)22-20)11-16(24)15-10-13(21)6-9-17(15)28-3/h4-10H,11H2,1-3H3,(H,22,26). The molecule has 1 N–H and O–H groups in total. The zero-order chi connectivity index (χ0) is 20.5. The van der Waals surface area contributed by atoms with Gasteiger partial charge in [0.15, 0.2) is 5.78 Å². The van der Waals surface area contributed by atoms with Crippen molar-refractivity contribution in [1.29, 1.82) is 0 Å². The monoisotopic (exact) mass is 386 g/mol. The maximum atomic E-state index is 13.5. The Kier molecular flexibility index (Phi) is 5.04. The summed E-state index contributed by atoms with van der Waals surface area (Å²) in [5.74, 6) is -1.04. The third-order valence-electron chi connectivity index (χ3n) is 4.71. The van der Waals surface area contributed by atoms with Gasteiger partial charge in [-0.1, -0.05) is 12.1 Å². The van der Waals surface area contributed by atoms with Gasteiger partial charge in [-0.2, -0.15) is 0 Å². The minimum atomic E-state index is -1.32. The third-order valence-corrected chi connectivity index (χ3v) is 4.71. The largest absolute Gasteiger partial charge is 0.497 e. The molecule has 1 fully saturated rings. The van der Waals surface area contributed by atoms with E-state index in [9.17, 15) is 18.8 Å². The van der Waals surface area contributed by atoms with Crippen LogP contribution in [0.25, 0.3) is 0 Å². The lowest BCUT2D eigenvalue weighted by atomic mass is 9.92. The predicted octanol–water partition coefficient (Wildman–Crippen LogP) is 2.49. The Bertz CT molecular complexity index is 944. The fourth-order valence-corrected chi connectivity index (χ4v) is 3.09. The molecular weight excluding hydrogens is 367 g/mol. The topological polar surface area (TPSA) is 84.9 Å². The molecule has 146 valence electrons. The molecule has 0 aliphatic carbocycles. The molecule has 28 heavy (non-hydrogen) atoms. The van der Waals surface area contributed by atoms with E-state index < -0.39 is 35.6 Å². The summed E-state index contributed by atoms with van der Waals surface area (Å²) in [6.07, 6.45) is 0. The molecular formula is C20H19FN2O5. The number of carbonyl (C=O) groups excluding carboxylic acids is 3. The highest BCUT2D eigenvalue weighted by molar-refractivity contribution is 6.11. The van der Waals surface area contributed by atoms with E-state index in [1.165, 1.54) is 20.3 Å². The number of nitrogens with zero attached hydrogens (tertiary/aromatic N) is 1. The van der Waals surface area contributed by atoms with E-state index in [0.29, 0.717) is 11.3 Å². The number of amides is 3. The van der Waals surface area contributed by atoms with Crippen molar-refractivity contribution in [3.63, 3.8) is 0 Å². The van der Waals surface area contributed by atoms with E-state index in [1.54, 1.807) is 31.2 Å². The van der Waals surface area contributed by atoms with Crippen LogP contribution < -0.4 is 14.8 Å². The quantitative estimate of drug-likeness (QED) is 0.609. The van der Waals surface area contributed by atoms with Gasteiger partial charge < -0.3 is 14.8 Å². The van der Waals surface area contributed by atoms with Crippen molar-refractivity contribution in [3.05, 3.63) is 59.4 Å². The first-order valence-electron chi connectivity index (χ1n) is 8.45. The lowest BCUT2D eigenvalue weighted by Crippen LogP contribution is -2.41. The molecule has 0 radical (unpaired) electrons. The maximum absolute atomic E-state index is 13.5. The molecule has 7 nitrogen and oxygen atoms in total. The fraction of sp³-hybridized carbons (Fsp3) is 0.250. The summed E-state index contributed by atoms with van der Waals surface area (Å²) in [6, 6.07) is 9.46. The second-order valence-corrected chi connectivity index (χ2v) is 6.44. The predicted molar refractivity (Wildman–Crippen MR) is 97.9 cm³/mol. The number of hydrogen-bond donors (Lipinski definition) is 1. The number of halogens is 1. The first-order valence-corrected chi connectivity index (χ1v) is 8.45. The average Bonchev–Trinajstić information content (AvgIpc) is 2.92. The SMILES string of the molecule is COc1ccc(C2(C)NC(=O)N(CC(=O)c3cc(F)ccc3OC)C2=O)cc1.